The molecule has 0 bridgehead atoms. The lowest BCUT2D eigenvalue weighted by molar-refractivity contribution is -0.124. The van der Waals surface area contributed by atoms with Crippen LogP contribution in [0.3, 0.4) is 0 Å². The maximum Gasteiger partial charge on any atom is 0.243 e. The van der Waals surface area contributed by atoms with Crippen molar-refractivity contribution in [2.45, 2.75) is 51.6 Å². The maximum atomic E-state index is 12.7. The zero-order chi connectivity index (χ0) is 18.7. The molecule has 1 amide bonds. The van der Waals surface area contributed by atoms with Gasteiger partial charge in [-0.15, -0.1) is 10.2 Å². The number of amides is 1. The average Bonchev–Trinajstić information content (AvgIpc) is 3.12. The van der Waals surface area contributed by atoms with Gasteiger partial charge < -0.3 is 14.8 Å². The van der Waals surface area contributed by atoms with Crippen molar-refractivity contribution >= 4 is 23.3 Å². The molecule has 3 rings (SSSR count). The minimum atomic E-state index is -0.268. The molecular formula is C18H25ClN6O. The van der Waals surface area contributed by atoms with Gasteiger partial charge in [-0.1, -0.05) is 25.4 Å². The Kier molecular flexibility index (Phi) is 5.76. The van der Waals surface area contributed by atoms with Gasteiger partial charge in [0.2, 0.25) is 5.91 Å². The van der Waals surface area contributed by atoms with Gasteiger partial charge in [-0.2, -0.15) is 0 Å². The number of piperidine rings is 1. The molecule has 0 unspecified atom stereocenters. The molecule has 1 N–H and O–H groups in total. The van der Waals surface area contributed by atoms with Crippen LogP contribution < -0.4 is 10.2 Å². The Labute approximate surface area is 158 Å². The lowest BCUT2D eigenvalue weighted by Gasteiger charge is -2.33. The topological polar surface area (TPSA) is 75.9 Å². The van der Waals surface area contributed by atoms with E-state index >= 15 is 0 Å². The number of carbonyl (C=O) groups is 1. The predicted octanol–water partition coefficient (Wildman–Crippen LogP) is 2.80. The summed E-state index contributed by atoms with van der Waals surface area (Å²) in [5, 5.41) is 11.6. The Morgan fingerprint density at radius 3 is 2.58 bits per heavy atom. The zero-order valence-corrected chi connectivity index (χ0v) is 16.1. The lowest BCUT2D eigenvalue weighted by atomic mass is 10.0. The van der Waals surface area contributed by atoms with Crippen LogP contribution in [0.5, 0.6) is 0 Å². The maximum absolute atomic E-state index is 12.7. The Morgan fingerprint density at radius 1 is 1.23 bits per heavy atom. The third-order valence-electron chi connectivity index (χ3n) is 4.79. The van der Waals surface area contributed by atoms with Gasteiger partial charge in [0, 0.05) is 37.4 Å². The van der Waals surface area contributed by atoms with Gasteiger partial charge in [-0.25, -0.2) is 4.98 Å². The molecule has 0 aliphatic carbocycles. The number of hydrogen-bond acceptors (Lipinski definition) is 5. The van der Waals surface area contributed by atoms with Crippen LogP contribution in [-0.4, -0.2) is 44.8 Å². The van der Waals surface area contributed by atoms with Crippen LogP contribution in [0.4, 0.5) is 5.82 Å². The van der Waals surface area contributed by atoms with Crippen molar-refractivity contribution in [3.8, 4) is 0 Å². The molecule has 0 aromatic carbocycles. The minimum Gasteiger partial charge on any atom is -0.355 e. The van der Waals surface area contributed by atoms with E-state index in [4.69, 9.17) is 11.6 Å². The lowest BCUT2D eigenvalue weighted by Crippen LogP contribution is -2.46. The highest BCUT2D eigenvalue weighted by Gasteiger charge is 2.25. The molecule has 0 spiro atoms. The molecule has 140 valence electrons. The van der Waals surface area contributed by atoms with E-state index in [1.165, 1.54) is 0 Å². The van der Waals surface area contributed by atoms with Crippen LogP contribution >= 0.6 is 11.6 Å². The third-order valence-corrected chi connectivity index (χ3v) is 5.00. The van der Waals surface area contributed by atoms with E-state index in [1.807, 2.05) is 23.8 Å². The molecular weight excluding hydrogens is 352 g/mol. The monoisotopic (exact) mass is 376 g/mol. The van der Waals surface area contributed by atoms with Crippen molar-refractivity contribution < 1.29 is 4.79 Å². The number of nitrogens with zero attached hydrogens (tertiary/aromatic N) is 5. The number of anilines is 1. The van der Waals surface area contributed by atoms with Crippen LogP contribution in [0, 0.1) is 0 Å². The Morgan fingerprint density at radius 2 is 1.96 bits per heavy atom. The summed E-state index contributed by atoms with van der Waals surface area (Å²) in [7, 11) is 0. The van der Waals surface area contributed by atoms with Crippen LogP contribution in [0.15, 0.2) is 24.5 Å². The first kappa shape index (κ1) is 18.6. The summed E-state index contributed by atoms with van der Waals surface area (Å²) in [5.41, 5.74) is 0. The summed E-state index contributed by atoms with van der Waals surface area (Å²) < 4.78 is 1.96. The largest absolute Gasteiger partial charge is 0.355 e. The first-order valence-corrected chi connectivity index (χ1v) is 9.40. The molecule has 2 aromatic rings. The second-order valence-electron chi connectivity index (χ2n) is 7.01. The highest BCUT2D eigenvalue weighted by molar-refractivity contribution is 6.29. The minimum absolute atomic E-state index is 0.0367. The van der Waals surface area contributed by atoms with Crippen molar-refractivity contribution in [3.63, 3.8) is 0 Å². The summed E-state index contributed by atoms with van der Waals surface area (Å²) in [6.45, 7) is 7.74. The molecule has 1 atom stereocenters. The Hall–Kier alpha value is -2.15. The van der Waals surface area contributed by atoms with E-state index < -0.39 is 0 Å². The number of rotatable bonds is 5. The van der Waals surface area contributed by atoms with Crippen LogP contribution in [0.2, 0.25) is 5.15 Å². The number of imidazole rings is 1. The molecule has 1 saturated heterocycles. The third kappa shape index (κ3) is 4.15. The van der Waals surface area contributed by atoms with Gasteiger partial charge in [0.15, 0.2) is 11.0 Å². The van der Waals surface area contributed by atoms with Gasteiger partial charge in [0.05, 0.1) is 0 Å². The Bertz CT molecular complexity index is 736. The van der Waals surface area contributed by atoms with Gasteiger partial charge in [-0.3, -0.25) is 4.79 Å². The van der Waals surface area contributed by atoms with Crippen molar-refractivity contribution in [1.82, 2.24) is 25.1 Å². The van der Waals surface area contributed by atoms with Crippen molar-refractivity contribution in [2.75, 3.05) is 18.0 Å². The fourth-order valence-electron chi connectivity index (χ4n) is 3.28. The highest BCUT2D eigenvalue weighted by Crippen LogP contribution is 2.20. The van der Waals surface area contributed by atoms with Crippen molar-refractivity contribution in [2.24, 2.45) is 0 Å². The number of nitrogens with one attached hydrogen (secondary N) is 1. The quantitative estimate of drug-likeness (QED) is 0.868. The molecule has 26 heavy (non-hydrogen) atoms. The zero-order valence-electron chi connectivity index (χ0n) is 15.4. The summed E-state index contributed by atoms with van der Waals surface area (Å²) in [4.78, 5) is 19.2. The molecule has 1 aliphatic rings. The fourth-order valence-corrected chi connectivity index (χ4v) is 3.38. The van der Waals surface area contributed by atoms with E-state index in [-0.39, 0.29) is 23.9 Å². The van der Waals surface area contributed by atoms with E-state index in [0.29, 0.717) is 5.15 Å². The number of hydrogen-bond donors (Lipinski definition) is 1. The van der Waals surface area contributed by atoms with E-state index in [1.54, 1.807) is 12.3 Å². The molecule has 8 heteroatoms. The average molecular weight is 377 g/mol. The number of aromatic nitrogens is 4. The summed E-state index contributed by atoms with van der Waals surface area (Å²) in [6, 6.07) is 3.53. The highest BCUT2D eigenvalue weighted by atomic mass is 35.5. The van der Waals surface area contributed by atoms with Crippen LogP contribution in [-0.2, 0) is 4.79 Å². The van der Waals surface area contributed by atoms with Crippen molar-refractivity contribution in [1.29, 1.82) is 0 Å². The second kappa shape index (κ2) is 8.03. The Balaban J connectivity index is 1.54. The van der Waals surface area contributed by atoms with Crippen molar-refractivity contribution in [3.05, 3.63) is 35.5 Å². The normalized spacial score (nSPS) is 16.7. The predicted molar refractivity (Wildman–Crippen MR) is 101 cm³/mol. The first-order chi connectivity index (χ1) is 12.5. The molecule has 7 nitrogen and oxygen atoms in total. The molecule has 0 saturated carbocycles. The van der Waals surface area contributed by atoms with Gasteiger partial charge in [-0.05, 0) is 31.9 Å². The molecule has 3 heterocycles. The summed E-state index contributed by atoms with van der Waals surface area (Å²) in [5.74, 6) is 2.08. The fraction of sp³-hybridized carbons (Fsp3) is 0.556. The van der Waals surface area contributed by atoms with Crippen LogP contribution in [0.1, 0.15) is 51.4 Å². The van der Waals surface area contributed by atoms with E-state index in [2.05, 4.69) is 39.2 Å². The van der Waals surface area contributed by atoms with Gasteiger partial charge >= 0.3 is 0 Å². The van der Waals surface area contributed by atoms with E-state index in [9.17, 15) is 4.79 Å². The summed E-state index contributed by atoms with van der Waals surface area (Å²) >= 11 is 5.79. The molecule has 1 aliphatic heterocycles. The molecule has 1 fully saturated rings. The number of halogens is 1. The van der Waals surface area contributed by atoms with Gasteiger partial charge in [0.1, 0.15) is 11.9 Å². The van der Waals surface area contributed by atoms with Crippen LogP contribution in [0.25, 0.3) is 0 Å². The van der Waals surface area contributed by atoms with E-state index in [0.717, 1.165) is 37.6 Å². The SMILES string of the molecule is CC(C)c1nccn1[C@@H](C)C(=O)NC1CCN(c2ccc(Cl)nn2)CC1. The molecule has 2 aromatic heterocycles. The first-order valence-electron chi connectivity index (χ1n) is 9.03. The number of carbonyl (C=O) groups excluding carboxylic acids is 1. The van der Waals surface area contributed by atoms with Gasteiger partial charge in [0.25, 0.3) is 0 Å². The smallest absolute Gasteiger partial charge is 0.243 e. The second-order valence-corrected chi connectivity index (χ2v) is 7.39. The standard InChI is InChI=1S/C18H25ClN6O/c1-12(2)17-20-8-11-25(17)13(3)18(26)21-14-6-9-24(10-7-14)16-5-4-15(19)22-23-16/h4-5,8,11-14H,6-7,9-10H2,1-3H3,(H,21,26)/t13-/m0/s1. The molecule has 0 radical (unpaired) electrons. The summed E-state index contributed by atoms with van der Waals surface area (Å²) in [6.07, 6.45) is 5.39.